The lowest BCUT2D eigenvalue weighted by atomic mass is 10.0. The molecule has 0 saturated carbocycles. The second-order valence-electron chi connectivity index (χ2n) is 9.48. The highest BCUT2D eigenvalue weighted by molar-refractivity contribution is 7.99. The van der Waals surface area contributed by atoms with Crippen LogP contribution in [0.3, 0.4) is 0 Å². The summed E-state index contributed by atoms with van der Waals surface area (Å²) in [4.78, 5) is 57.5. The van der Waals surface area contributed by atoms with E-state index in [2.05, 4.69) is 15.4 Å². The van der Waals surface area contributed by atoms with Gasteiger partial charge in [-0.1, -0.05) is 41.9 Å². The largest absolute Gasteiger partial charge is 0.503 e. The number of amides is 2. The maximum atomic E-state index is 13.5. The lowest BCUT2D eigenvalue weighted by molar-refractivity contribution is -0.153. The first-order chi connectivity index (χ1) is 21.1. The molecule has 0 bridgehead atoms. The van der Waals surface area contributed by atoms with Crippen molar-refractivity contribution >= 4 is 74.0 Å². The van der Waals surface area contributed by atoms with Gasteiger partial charge in [-0.3, -0.25) is 28.2 Å². The quantitative estimate of drug-likeness (QED) is 0.105. The number of aryl methyl sites for hydroxylation is 1. The first-order valence-corrected chi connectivity index (χ1v) is 16.5. The molecule has 2 amide bonds. The van der Waals surface area contributed by atoms with Crippen molar-refractivity contribution in [1.82, 2.24) is 25.0 Å². The van der Waals surface area contributed by atoms with Crippen LogP contribution in [-0.2, 0) is 48.3 Å². The van der Waals surface area contributed by atoms with E-state index in [9.17, 15) is 23.4 Å². The number of hydrogen-bond donors (Lipinski definition) is 2. The summed E-state index contributed by atoms with van der Waals surface area (Å²) in [6, 6.07) is 9.11. The normalized spacial score (nSPS) is 19.7. The first-order valence-electron chi connectivity index (χ1n) is 12.8. The summed E-state index contributed by atoms with van der Waals surface area (Å²) in [7, 11) is 1.24. The van der Waals surface area contributed by atoms with Crippen LogP contribution in [0.25, 0.3) is 5.57 Å². The molecule has 4 heterocycles. The molecule has 17 heteroatoms. The molecule has 3 atom stereocenters. The van der Waals surface area contributed by atoms with E-state index in [-0.39, 0.29) is 45.4 Å². The Bertz CT molecular complexity index is 1770. The third-order valence-corrected chi connectivity index (χ3v) is 10.3. The van der Waals surface area contributed by atoms with E-state index >= 15 is 0 Å². The Labute approximate surface area is 266 Å². The van der Waals surface area contributed by atoms with Gasteiger partial charge >= 0.3 is 5.97 Å². The number of anilines is 1. The Balaban J connectivity index is 1.42. The monoisotopic (exact) mass is 676 g/mol. The second kappa shape index (κ2) is 13.3. The molecule has 3 unspecified atom stereocenters. The fourth-order valence-electron chi connectivity index (χ4n) is 4.51. The van der Waals surface area contributed by atoms with Gasteiger partial charge in [-0.05, 0) is 11.1 Å². The number of halogens is 1. The number of thioether (sulfide) groups is 1. The molecular formula is C27H25ClN6O7S3. The van der Waals surface area contributed by atoms with Crippen LogP contribution in [0.1, 0.15) is 11.3 Å². The molecule has 0 spiro atoms. The van der Waals surface area contributed by atoms with Gasteiger partial charge in [0.05, 0.1) is 40.6 Å². The van der Waals surface area contributed by atoms with E-state index in [1.807, 2.05) is 6.07 Å². The molecule has 2 aromatic heterocycles. The number of nitrogens with two attached hydrogens (primary N) is 1. The molecule has 3 aromatic rings. The molecule has 3 N–H and O–H groups in total. The summed E-state index contributed by atoms with van der Waals surface area (Å²) in [6.45, 7) is -0.0584. The number of hydrogen-bond acceptors (Lipinski definition) is 12. The van der Waals surface area contributed by atoms with Crippen LogP contribution >= 0.6 is 34.7 Å². The van der Waals surface area contributed by atoms with Gasteiger partial charge in [0.1, 0.15) is 29.3 Å². The number of nitrogens with one attached hydrogen (secondary N) is 1. The lowest BCUT2D eigenvalue weighted by Gasteiger charge is -2.49. The van der Waals surface area contributed by atoms with E-state index in [1.54, 1.807) is 36.7 Å². The van der Waals surface area contributed by atoms with Crippen LogP contribution in [0, 0.1) is 0 Å². The number of aromatic nitrogens is 3. The minimum Gasteiger partial charge on any atom is -0.503 e. The SMILES string of the molecule is COC=C(C(=O)NC1C(=O)N2C(C(=O)OCc3ccccc3)=C(CSc3cc(=O)c(Cl)nn3C)CS(=O)C12)c1csc(N)n1. The Kier molecular flexibility index (Phi) is 9.53. The van der Waals surface area contributed by atoms with Gasteiger partial charge < -0.3 is 20.5 Å². The highest BCUT2D eigenvalue weighted by atomic mass is 35.5. The molecule has 1 saturated heterocycles. The van der Waals surface area contributed by atoms with Crippen molar-refractivity contribution in [3.63, 3.8) is 0 Å². The third-order valence-electron chi connectivity index (χ3n) is 6.58. The van der Waals surface area contributed by atoms with Crippen molar-refractivity contribution in [2.75, 3.05) is 24.3 Å². The predicted molar refractivity (Wildman–Crippen MR) is 166 cm³/mol. The van der Waals surface area contributed by atoms with Gasteiger partial charge in [-0.2, -0.15) is 5.10 Å². The Hall–Kier alpha value is -3.99. The molecule has 0 radical (unpaired) electrons. The molecular weight excluding hydrogens is 652 g/mol. The van der Waals surface area contributed by atoms with Gasteiger partial charge in [0.2, 0.25) is 5.43 Å². The van der Waals surface area contributed by atoms with Crippen LogP contribution in [0.2, 0.25) is 5.15 Å². The smallest absolute Gasteiger partial charge is 0.355 e. The van der Waals surface area contributed by atoms with Crippen molar-refractivity contribution in [2.24, 2.45) is 7.05 Å². The summed E-state index contributed by atoms with van der Waals surface area (Å²) in [5.74, 6) is -2.10. The zero-order valence-electron chi connectivity index (χ0n) is 23.2. The zero-order chi connectivity index (χ0) is 31.5. The first kappa shape index (κ1) is 31.4. The van der Waals surface area contributed by atoms with E-state index < -0.39 is 45.4 Å². The van der Waals surface area contributed by atoms with Crippen molar-refractivity contribution in [2.45, 2.75) is 23.0 Å². The topological polar surface area (TPSA) is 176 Å². The van der Waals surface area contributed by atoms with Crippen LogP contribution in [-0.4, -0.2) is 71.7 Å². The van der Waals surface area contributed by atoms with Crippen molar-refractivity contribution in [3.05, 3.63) is 85.9 Å². The Morgan fingerprint density at radius 2 is 2.05 bits per heavy atom. The minimum absolute atomic E-state index is 0.0191. The average molecular weight is 677 g/mol. The summed E-state index contributed by atoms with van der Waals surface area (Å²) in [5, 5.41) is 7.59. The fraction of sp³-hybridized carbons (Fsp3) is 0.259. The highest BCUT2D eigenvalue weighted by Gasteiger charge is 2.57. The van der Waals surface area contributed by atoms with Gasteiger partial charge in [0.25, 0.3) is 11.8 Å². The number of fused-ring (bicyclic) bond motifs is 1. The summed E-state index contributed by atoms with van der Waals surface area (Å²) >= 11 is 8.11. The van der Waals surface area contributed by atoms with Crippen LogP contribution in [0.4, 0.5) is 5.13 Å². The number of rotatable bonds is 10. The molecule has 2 aliphatic heterocycles. The minimum atomic E-state index is -1.71. The molecule has 44 heavy (non-hydrogen) atoms. The number of β-lactam (4-membered cyclic amide) rings is 1. The number of esters is 1. The van der Waals surface area contributed by atoms with E-state index in [0.717, 1.165) is 33.6 Å². The number of nitrogens with zero attached hydrogens (tertiary/aromatic N) is 4. The van der Waals surface area contributed by atoms with Gasteiger partial charge in [-0.25, -0.2) is 9.78 Å². The predicted octanol–water partition coefficient (Wildman–Crippen LogP) is 1.66. The summed E-state index contributed by atoms with van der Waals surface area (Å²) < 4.78 is 25.5. The Morgan fingerprint density at radius 1 is 1.30 bits per heavy atom. The van der Waals surface area contributed by atoms with E-state index in [0.29, 0.717) is 10.6 Å². The summed E-state index contributed by atoms with van der Waals surface area (Å²) in [5.41, 5.74) is 6.55. The molecule has 13 nitrogen and oxygen atoms in total. The Morgan fingerprint density at radius 3 is 2.73 bits per heavy atom. The molecule has 2 aliphatic rings. The van der Waals surface area contributed by atoms with Crippen LogP contribution in [0.5, 0.6) is 0 Å². The van der Waals surface area contributed by atoms with Crippen molar-refractivity contribution in [3.8, 4) is 0 Å². The molecule has 0 aliphatic carbocycles. The molecule has 1 aromatic carbocycles. The maximum Gasteiger partial charge on any atom is 0.355 e. The van der Waals surface area contributed by atoms with Gasteiger partial charge in [0, 0.05) is 24.2 Å². The lowest BCUT2D eigenvalue weighted by Crippen LogP contribution is -2.73. The number of thiazole rings is 1. The average Bonchev–Trinajstić information content (AvgIpc) is 3.44. The van der Waals surface area contributed by atoms with Gasteiger partial charge in [0.15, 0.2) is 10.3 Å². The molecule has 230 valence electrons. The van der Waals surface area contributed by atoms with Gasteiger partial charge in [-0.15, -0.1) is 23.1 Å². The number of nitrogen functional groups attached to an aromatic ring is 1. The number of carbonyl (C=O) groups excluding carboxylic acids is 3. The van der Waals surface area contributed by atoms with E-state index in [1.165, 1.54) is 24.1 Å². The van der Waals surface area contributed by atoms with Crippen LogP contribution < -0.4 is 16.5 Å². The zero-order valence-corrected chi connectivity index (χ0v) is 26.4. The van der Waals surface area contributed by atoms with Crippen LogP contribution in [0.15, 0.2) is 69.1 Å². The molecule has 1 fully saturated rings. The number of carbonyl (C=O) groups is 3. The molecule has 5 rings (SSSR count). The van der Waals surface area contributed by atoms with E-state index in [4.69, 9.17) is 26.8 Å². The number of methoxy groups -OCH3 is 1. The highest BCUT2D eigenvalue weighted by Crippen LogP contribution is 2.37. The number of benzene rings is 1. The van der Waals surface area contributed by atoms with Crippen molar-refractivity contribution < 1.29 is 28.1 Å². The summed E-state index contributed by atoms with van der Waals surface area (Å²) in [6.07, 6.45) is 1.17. The maximum absolute atomic E-state index is 13.5. The number of ether oxygens (including phenoxy) is 2. The van der Waals surface area contributed by atoms with Crippen molar-refractivity contribution in [1.29, 1.82) is 0 Å². The second-order valence-corrected chi connectivity index (χ2v) is 13.3. The third kappa shape index (κ3) is 6.43. The standard InChI is InChI=1S/C27H25ClN6O7S3/c1-33-19(8-18(35)22(28)32-33)42-11-15-13-44(39)25-20(31-23(36)16(10-40-2)17-12-43-27(29)30-17)24(37)34(25)21(15)26(38)41-9-14-6-4-3-5-7-14/h3-8,10,12,20,25H,9,11,13H2,1-2H3,(H2,29,30)(H,31,36). The fourth-order valence-corrected chi connectivity index (χ4v) is 8.04.